The van der Waals surface area contributed by atoms with Crippen molar-refractivity contribution in [2.75, 3.05) is 18.1 Å². The number of imide groups is 1. The number of fused-ring (bicyclic) bond motifs is 3. The average molecular weight is 906 g/mol. The van der Waals surface area contributed by atoms with Crippen molar-refractivity contribution in [3.8, 4) is 17.6 Å². The molecule has 3 fully saturated rings. The number of morpholine rings is 1. The summed E-state index contributed by atoms with van der Waals surface area (Å²) < 4.78 is 18.0. The van der Waals surface area contributed by atoms with E-state index < -0.39 is 76.6 Å². The van der Waals surface area contributed by atoms with Gasteiger partial charge in [-0.25, -0.2) is 9.69 Å². The Morgan fingerprint density at radius 1 is 0.821 bits per heavy atom. The van der Waals surface area contributed by atoms with Gasteiger partial charge in [-0.1, -0.05) is 97.5 Å². The minimum atomic E-state index is -2.29. The van der Waals surface area contributed by atoms with Crippen molar-refractivity contribution in [2.45, 2.75) is 80.4 Å². The van der Waals surface area contributed by atoms with Gasteiger partial charge in [-0.2, -0.15) is 0 Å². The number of cyclic esters (lactones) is 1. The number of hydrogen-bond donors (Lipinski definition) is 3. The van der Waals surface area contributed by atoms with E-state index in [9.17, 15) is 39.8 Å². The van der Waals surface area contributed by atoms with Crippen molar-refractivity contribution in [3.05, 3.63) is 171 Å². The van der Waals surface area contributed by atoms with Crippen LogP contribution in [0.4, 0.5) is 16.2 Å². The lowest BCUT2D eigenvalue weighted by Gasteiger charge is -2.46. The number of carboxylic acid groups (broad SMARTS) is 1. The van der Waals surface area contributed by atoms with E-state index in [1.54, 1.807) is 65.6 Å². The van der Waals surface area contributed by atoms with Crippen LogP contribution in [-0.2, 0) is 35.9 Å². The molecule has 5 aromatic carbocycles. The highest BCUT2D eigenvalue weighted by Crippen LogP contribution is 2.66. The number of carbonyl (C=O) groups is 4. The fraction of sp³-hybridized carbons (Fsp3) is 0.308. The Kier molecular flexibility index (Phi) is 12.4. The number of aliphatic carboxylic acids is 1. The van der Waals surface area contributed by atoms with E-state index in [1.807, 2.05) is 36.4 Å². The van der Waals surface area contributed by atoms with Gasteiger partial charge in [0.25, 0.3) is 5.69 Å². The van der Waals surface area contributed by atoms with Crippen molar-refractivity contribution in [1.29, 1.82) is 0 Å². The van der Waals surface area contributed by atoms with E-state index in [0.29, 0.717) is 40.7 Å². The molecule has 0 bridgehead atoms. The minimum Gasteiger partial charge on any atom is -0.491 e. The quantitative estimate of drug-likeness (QED) is 0.0409. The van der Waals surface area contributed by atoms with E-state index in [0.717, 1.165) is 30.6 Å². The van der Waals surface area contributed by atoms with Crippen LogP contribution in [0.25, 0.3) is 0 Å². The number of amides is 2. The van der Waals surface area contributed by atoms with Gasteiger partial charge in [0, 0.05) is 17.7 Å². The molecule has 342 valence electrons. The van der Waals surface area contributed by atoms with E-state index in [1.165, 1.54) is 30.3 Å². The topological polar surface area (TPSA) is 206 Å². The normalized spacial score (nSPS) is 24.1. The first kappa shape index (κ1) is 44.8. The number of non-ortho nitro benzene ring substituents is 1. The summed E-state index contributed by atoms with van der Waals surface area (Å²) in [5.74, 6) is 1.16. The molecule has 0 unspecified atom stereocenters. The van der Waals surface area contributed by atoms with Gasteiger partial charge < -0.3 is 29.5 Å². The summed E-state index contributed by atoms with van der Waals surface area (Å²) in [5.41, 5.74) is -1.37. The number of carbonyl (C=O) groups excluding carboxylic acids is 3. The number of aliphatic hydroxyl groups excluding tert-OH is 1. The van der Waals surface area contributed by atoms with Crippen LogP contribution >= 0.6 is 0 Å². The summed E-state index contributed by atoms with van der Waals surface area (Å²) >= 11 is 0. The third-order valence-corrected chi connectivity index (χ3v) is 13.3. The highest BCUT2D eigenvalue weighted by molar-refractivity contribution is 6.23. The standard InChI is InChI=1S/C52H47N3O12/c56-28-29-65-39-17-11-16-37(31-39)46-52(42(47(57)58)44-48(59)67-45(36-14-7-4-8-15-36)43(54(44)46)35-12-5-3-6-13-35)40-30-33(24-27-51(62)25-9-1-2-10-26-51)20-23-41(40)53(49(52)60)50(61)66-32-34-18-21-38(22-19-34)55(63)64/h3-8,11-23,30-31,42-46,56,62H,1-2,9-10,25-26,28-29,32H2,(H,57,58)/t42-,43-,44-,45+,46+,52-/m0/s1. The first-order valence-electron chi connectivity index (χ1n) is 22.2. The van der Waals surface area contributed by atoms with Gasteiger partial charge in [0.05, 0.1) is 29.3 Å². The number of benzene rings is 5. The van der Waals surface area contributed by atoms with Crippen LogP contribution in [0.2, 0.25) is 0 Å². The number of rotatable bonds is 10. The summed E-state index contributed by atoms with van der Waals surface area (Å²) in [7, 11) is 0. The van der Waals surface area contributed by atoms with Crippen LogP contribution in [0.3, 0.4) is 0 Å². The maximum atomic E-state index is 16.1. The molecule has 1 spiro atoms. The van der Waals surface area contributed by atoms with E-state index in [2.05, 4.69) is 11.8 Å². The number of hydrogen-bond acceptors (Lipinski definition) is 12. The predicted molar refractivity (Wildman–Crippen MR) is 241 cm³/mol. The fourth-order valence-electron chi connectivity index (χ4n) is 10.4. The molecule has 15 heteroatoms. The summed E-state index contributed by atoms with van der Waals surface area (Å²) in [4.78, 5) is 73.4. The maximum absolute atomic E-state index is 16.1. The van der Waals surface area contributed by atoms with Gasteiger partial charge in [-0.3, -0.25) is 29.4 Å². The van der Waals surface area contributed by atoms with Crippen LogP contribution in [0.5, 0.6) is 5.75 Å². The lowest BCUT2D eigenvalue weighted by atomic mass is 9.65. The third-order valence-electron chi connectivity index (χ3n) is 13.3. The Labute approximate surface area is 385 Å². The van der Waals surface area contributed by atoms with Gasteiger partial charge >= 0.3 is 18.0 Å². The molecule has 67 heavy (non-hydrogen) atoms. The Balaban J connectivity index is 1.29. The molecular weight excluding hydrogens is 859 g/mol. The zero-order valence-electron chi connectivity index (χ0n) is 36.2. The van der Waals surface area contributed by atoms with E-state index in [4.69, 9.17) is 14.2 Å². The first-order valence-corrected chi connectivity index (χ1v) is 22.2. The molecule has 3 N–H and O–H groups in total. The molecule has 1 aliphatic carbocycles. The second-order valence-corrected chi connectivity index (χ2v) is 17.3. The molecule has 9 rings (SSSR count). The van der Waals surface area contributed by atoms with E-state index in [-0.39, 0.29) is 35.9 Å². The molecule has 5 aromatic rings. The molecule has 3 aliphatic heterocycles. The SMILES string of the molecule is O=C1O[C@H](c2ccccc2)[C@H](c2ccccc2)N2[C@H]1[C@@H](C(=O)O)[C@]1(C(=O)N(C(=O)OCc3ccc([N+](=O)[O-])cc3)c3ccc(C#CC4(O)CCCCCC4)cc31)[C@H]2c1cccc(OCCO)c1. The molecule has 6 atom stereocenters. The van der Waals surface area contributed by atoms with Gasteiger partial charge in [-0.05, 0) is 96.0 Å². The average Bonchev–Trinajstić information content (AvgIpc) is 3.68. The minimum absolute atomic E-state index is 0.00884. The number of nitrogens with zero attached hydrogens (tertiary/aromatic N) is 3. The summed E-state index contributed by atoms with van der Waals surface area (Å²) in [6.07, 6.45) is 2.24. The van der Waals surface area contributed by atoms with Crippen molar-refractivity contribution in [2.24, 2.45) is 5.92 Å². The Hall–Kier alpha value is -7.38. The second kappa shape index (κ2) is 18.5. The van der Waals surface area contributed by atoms with Crippen molar-refractivity contribution in [3.63, 3.8) is 0 Å². The molecule has 3 heterocycles. The van der Waals surface area contributed by atoms with E-state index >= 15 is 4.79 Å². The second-order valence-electron chi connectivity index (χ2n) is 17.3. The van der Waals surface area contributed by atoms with Gasteiger partial charge in [0.15, 0.2) is 0 Å². The molecule has 15 nitrogen and oxygen atoms in total. The molecule has 0 radical (unpaired) electrons. The first-order chi connectivity index (χ1) is 32.4. The predicted octanol–water partition coefficient (Wildman–Crippen LogP) is 7.49. The zero-order valence-corrected chi connectivity index (χ0v) is 36.2. The highest BCUT2D eigenvalue weighted by atomic mass is 16.6. The van der Waals surface area contributed by atoms with Gasteiger partial charge in [-0.15, -0.1) is 0 Å². The number of esters is 1. The molecule has 0 aromatic heterocycles. The number of anilines is 1. The molecule has 2 amide bonds. The van der Waals surface area contributed by atoms with Crippen LogP contribution in [0, 0.1) is 27.9 Å². The summed E-state index contributed by atoms with van der Waals surface area (Å²) in [5, 5.41) is 44.3. The number of carboxylic acids is 1. The van der Waals surface area contributed by atoms with Crippen molar-refractivity contribution in [1.82, 2.24) is 4.90 Å². The molecule has 4 aliphatic rings. The lowest BCUT2D eigenvalue weighted by molar-refractivity contribution is -0.384. The van der Waals surface area contributed by atoms with Crippen LogP contribution < -0.4 is 9.64 Å². The number of aliphatic hydroxyl groups is 2. The van der Waals surface area contributed by atoms with Crippen LogP contribution in [0.15, 0.2) is 127 Å². The summed E-state index contributed by atoms with van der Waals surface area (Å²) in [6, 6.07) is 30.9. The molecular formula is C52H47N3O12. The van der Waals surface area contributed by atoms with Gasteiger partial charge in [0.2, 0.25) is 5.91 Å². The van der Waals surface area contributed by atoms with Crippen LogP contribution in [0.1, 0.15) is 90.1 Å². The Bertz CT molecular complexity index is 2770. The Morgan fingerprint density at radius 2 is 1.49 bits per heavy atom. The van der Waals surface area contributed by atoms with Crippen LogP contribution in [-0.4, -0.2) is 73.9 Å². The number of ether oxygens (including phenoxy) is 3. The number of nitro benzene ring substituents is 1. The lowest BCUT2D eigenvalue weighted by Crippen LogP contribution is -2.53. The molecule has 1 saturated carbocycles. The monoisotopic (exact) mass is 905 g/mol. The molecule has 2 saturated heterocycles. The highest BCUT2D eigenvalue weighted by Gasteiger charge is 2.76. The third kappa shape index (κ3) is 8.17. The van der Waals surface area contributed by atoms with Crippen molar-refractivity contribution >= 4 is 35.3 Å². The maximum Gasteiger partial charge on any atom is 0.421 e. The van der Waals surface area contributed by atoms with Gasteiger partial charge in [0.1, 0.15) is 48.0 Å². The summed E-state index contributed by atoms with van der Waals surface area (Å²) in [6.45, 7) is -0.796. The fourth-order valence-corrected chi connectivity index (χ4v) is 10.4. The Morgan fingerprint density at radius 3 is 2.15 bits per heavy atom. The smallest absolute Gasteiger partial charge is 0.421 e. The zero-order chi connectivity index (χ0) is 46.9. The largest absolute Gasteiger partial charge is 0.491 e. The number of nitro groups is 1. The van der Waals surface area contributed by atoms with Crippen molar-refractivity contribution < 1.29 is 53.6 Å².